The number of terminal acetylenes is 1. The molecule has 0 aromatic heterocycles. The van der Waals surface area contributed by atoms with Crippen molar-refractivity contribution in [3.05, 3.63) is 0 Å². The van der Waals surface area contributed by atoms with Gasteiger partial charge in [-0.2, -0.15) is 0 Å². The summed E-state index contributed by atoms with van der Waals surface area (Å²) in [4.78, 5) is 10.7. The van der Waals surface area contributed by atoms with Crippen molar-refractivity contribution in [3.8, 4) is 12.3 Å². The summed E-state index contributed by atoms with van der Waals surface area (Å²) < 4.78 is 1.83. The fourth-order valence-corrected chi connectivity index (χ4v) is 2.16. The molecule has 2 nitrogen and oxygen atoms in total. The van der Waals surface area contributed by atoms with Gasteiger partial charge in [-0.25, -0.2) is 0 Å². The van der Waals surface area contributed by atoms with Gasteiger partial charge in [-0.3, -0.25) is 4.79 Å². The highest BCUT2D eigenvalue weighted by molar-refractivity contribution is 6.36. The predicted octanol–water partition coefficient (Wildman–Crippen LogP) is -0.648. The van der Waals surface area contributed by atoms with Crippen LogP contribution >= 0.6 is 0 Å². The van der Waals surface area contributed by atoms with Crippen LogP contribution < -0.4 is 0 Å². The van der Waals surface area contributed by atoms with Crippen molar-refractivity contribution in [3.63, 3.8) is 0 Å². The maximum Gasteiger partial charge on any atom is 0.218 e. The molecular formula is C6H9NOSi. The number of β-lactam (4-membered cyclic amide) rings is 1. The largest absolute Gasteiger partial charge is 0.362 e. The van der Waals surface area contributed by atoms with Crippen LogP contribution in [0.3, 0.4) is 0 Å². The summed E-state index contributed by atoms with van der Waals surface area (Å²) in [5, 5.41) is 0. The van der Waals surface area contributed by atoms with Crippen LogP contribution in [-0.4, -0.2) is 26.2 Å². The molecule has 0 unspecified atom stereocenters. The Kier molecular flexibility index (Phi) is 1.58. The fourth-order valence-electron chi connectivity index (χ4n) is 1.000. The van der Waals surface area contributed by atoms with Gasteiger partial charge in [-0.05, 0) is 0 Å². The monoisotopic (exact) mass is 139 g/mol. The number of hydrogen-bond donors (Lipinski definition) is 0. The van der Waals surface area contributed by atoms with Gasteiger partial charge in [0.15, 0.2) is 0 Å². The first-order valence-corrected chi connectivity index (χ1v) is 5.10. The Morgan fingerprint density at radius 3 is 2.89 bits per heavy atom. The minimum atomic E-state index is -0.339. The normalized spacial score (nSPS) is 26.4. The summed E-state index contributed by atoms with van der Waals surface area (Å²) in [6.07, 6.45) is 5.72. The molecule has 1 heterocycles. The van der Waals surface area contributed by atoms with E-state index in [1.54, 1.807) is 0 Å². The molecule has 1 saturated heterocycles. The van der Waals surface area contributed by atoms with Crippen molar-refractivity contribution in [1.82, 2.24) is 4.57 Å². The zero-order valence-corrected chi connectivity index (χ0v) is 6.84. The highest BCUT2D eigenvalue weighted by Crippen LogP contribution is 2.15. The standard InChI is InChI=1S/C6H9NOSi/c1-3-5-4-6(8)7(5)9-2/h1,5H,4,9H2,2H3/t5-/m1/s1. The molecule has 1 rings (SSSR count). The summed E-state index contributed by atoms with van der Waals surface area (Å²) in [7, 11) is -0.339. The lowest BCUT2D eigenvalue weighted by molar-refractivity contribution is -0.135. The van der Waals surface area contributed by atoms with Crippen LogP contribution in [0.1, 0.15) is 6.42 Å². The lowest BCUT2D eigenvalue weighted by atomic mass is 10.1. The number of carbonyl (C=O) groups excluding carboxylic acids is 1. The zero-order valence-electron chi connectivity index (χ0n) is 5.42. The summed E-state index contributed by atoms with van der Waals surface area (Å²) in [5.41, 5.74) is 0. The first-order valence-electron chi connectivity index (χ1n) is 3.05. The van der Waals surface area contributed by atoms with Gasteiger partial charge < -0.3 is 4.57 Å². The molecule has 48 valence electrons. The molecule has 1 aliphatic rings. The maximum absolute atomic E-state index is 10.7. The molecular weight excluding hydrogens is 130 g/mol. The number of amides is 1. The van der Waals surface area contributed by atoms with Crippen LogP contribution in [0.5, 0.6) is 0 Å². The second-order valence-corrected chi connectivity index (χ2v) is 3.38. The van der Waals surface area contributed by atoms with Crippen LogP contribution in [0.4, 0.5) is 0 Å². The Hall–Kier alpha value is -0.753. The smallest absolute Gasteiger partial charge is 0.218 e. The SMILES string of the molecule is C#C[C@@H]1CC(=O)N1[SiH2]C. The molecule has 0 aromatic carbocycles. The average molecular weight is 139 g/mol. The predicted molar refractivity (Wildman–Crippen MR) is 38.5 cm³/mol. The van der Waals surface area contributed by atoms with Gasteiger partial charge in [0, 0.05) is 0 Å². The lowest BCUT2D eigenvalue weighted by Crippen LogP contribution is -2.52. The first kappa shape index (κ1) is 6.37. The Labute approximate surface area is 57.1 Å². The van der Waals surface area contributed by atoms with Crippen molar-refractivity contribution >= 4 is 15.6 Å². The van der Waals surface area contributed by atoms with Crippen LogP contribution in [0.25, 0.3) is 0 Å². The van der Waals surface area contributed by atoms with E-state index in [4.69, 9.17) is 6.42 Å². The topological polar surface area (TPSA) is 20.3 Å². The van der Waals surface area contributed by atoms with E-state index in [1.807, 2.05) is 4.57 Å². The van der Waals surface area contributed by atoms with Crippen LogP contribution in [0.15, 0.2) is 0 Å². The highest BCUT2D eigenvalue weighted by Gasteiger charge is 2.32. The Balaban J connectivity index is 2.50. The zero-order chi connectivity index (χ0) is 6.85. The molecule has 1 amide bonds. The van der Waals surface area contributed by atoms with E-state index < -0.39 is 0 Å². The molecule has 1 fully saturated rings. The van der Waals surface area contributed by atoms with E-state index in [9.17, 15) is 4.79 Å². The second-order valence-electron chi connectivity index (χ2n) is 2.07. The van der Waals surface area contributed by atoms with E-state index in [0.29, 0.717) is 6.42 Å². The third-order valence-corrected chi connectivity index (χ3v) is 3.07. The molecule has 1 atom stereocenters. The number of rotatable bonds is 1. The second kappa shape index (κ2) is 2.24. The molecule has 0 aliphatic carbocycles. The first-order chi connectivity index (χ1) is 4.29. The molecule has 1 aliphatic heterocycles. The van der Waals surface area contributed by atoms with E-state index >= 15 is 0 Å². The fraction of sp³-hybridized carbons (Fsp3) is 0.500. The van der Waals surface area contributed by atoms with Gasteiger partial charge in [-0.1, -0.05) is 12.5 Å². The number of nitrogens with zero attached hydrogens (tertiary/aromatic N) is 1. The maximum atomic E-state index is 10.7. The minimum absolute atomic E-state index is 0.147. The molecule has 0 spiro atoms. The van der Waals surface area contributed by atoms with Crippen molar-refractivity contribution in [1.29, 1.82) is 0 Å². The molecule has 3 heteroatoms. The lowest BCUT2D eigenvalue weighted by Gasteiger charge is -2.36. The van der Waals surface area contributed by atoms with Crippen molar-refractivity contribution < 1.29 is 4.79 Å². The Morgan fingerprint density at radius 1 is 2.00 bits per heavy atom. The van der Waals surface area contributed by atoms with Gasteiger partial charge in [0.2, 0.25) is 5.91 Å². The van der Waals surface area contributed by atoms with E-state index in [-0.39, 0.29) is 21.6 Å². The molecule has 0 N–H and O–H groups in total. The van der Waals surface area contributed by atoms with Crippen molar-refractivity contribution in [2.45, 2.75) is 19.0 Å². The third-order valence-electron chi connectivity index (χ3n) is 1.60. The third kappa shape index (κ3) is 0.858. The summed E-state index contributed by atoms with van der Waals surface area (Å²) in [5.74, 6) is 2.82. The van der Waals surface area contributed by atoms with Crippen LogP contribution in [0.2, 0.25) is 6.55 Å². The van der Waals surface area contributed by atoms with E-state index in [0.717, 1.165) is 0 Å². The summed E-state index contributed by atoms with van der Waals surface area (Å²) in [6, 6.07) is 0.147. The van der Waals surface area contributed by atoms with Crippen molar-refractivity contribution in [2.24, 2.45) is 0 Å². The minimum Gasteiger partial charge on any atom is -0.362 e. The number of carbonyl (C=O) groups is 1. The Morgan fingerprint density at radius 2 is 2.67 bits per heavy atom. The van der Waals surface area contributed by atoms with Gasteiger partial charge in [0.1, 0.15) is 9.68 Å². The van der Waals surface area contributed by atoms with E-state index in [2.05, 4.69) is 12.5 Å². The Bertz CT molecular complexity index is 172. The van der Waals surface area contributed by atoms with Gasteiger partial charge in [0.05, 0.1) is 12.5 Å². The summed E-state index contributed by atoms with van der Waals surface area (Å²) in [6.45, 7) is 2.07. The van der Waals surface area contributed by atoms with Crippen LogP contribution in [0, 0.1) is 12.3 Å². The quantitative estimate of drug-likeness (QED) is 0.269. The molecule has 0 aromatic rings. The van der Waals surface area contributed by atoms with Gasteiger partial charge >= 0.3 is 0 Å². The summed E-state index contributed by atoms with van der Waals surface area (Å²) >= 11 is 0. The molecule has 9 heavy (non-hydrogen) atoms. The van der Waals surface area contributed by atoms with E-state index in [1.165, 1.54) is 0 Å². The number of hydrogen-bond acceptors (Lipinski definition) is 1. The highest BCUT2D eigenvalue weighted by atomic mass is 28.2. The van der Waals surface area contributed by atoms with Crippen molar-refractivity contribution in [2.75, 3.05) is 0 Å². The molecule has 0 bridgehead atoms. The average Bonchev–Trinajstić information content (AvgIpc) is 1.83. The van der Waals surface area contributed by atoms with Gasteiger partial charge in [-0.15, -0.1) is 6.42 Å². The van der Waals surface area contributed by atoms with Gasteiger partial charge in [0.25, 0.3) is 0 Å². The molecule has 0 radical (unpaired) electrons. The van der Waals surface area contributed by atoms with Crippen LogP contribution in [-0.2, 0) is 4.79 Å². The molecule has 0 saturated carbocycles.